The fraction of sp³-hybridized carbons (Fsp3) is 0.500. The van der Waals surface area contributed by atoms with Gasteiger partial charge in [0.2, 0.25) is 15.9 Å². The van der Waals surface area contributed by atoms with Crippen LogP contribution < -0.4 is 4.72 Å². The number of hydrogen-bond acceptors (Lipinski definition) is 6. The third kappa shape index (κ3) is 3.49. The lowest BCUT2D eigenvalue weighted by molar-refractivity contribution is 0.268. The zero-order chi connectivity index (χ0) is 15.6. The molecule has 2 aromatic heterocycles. The highest BCUT2D eigenvalue weighted by Crippen LogP contribution is 2.19. The fourth-order valence-electron chi connectivity index (χ4n) is 1.90. The number of nitrogens with one attached hydrogen (secondary N) is 1. The van der Waals surface area contributed by atoms with E-state index >= 15 is 0 Å². The Morgan fingerprint density at radius 2 is 2.19 bits per heavy atom. The van der Waals surface area contributed by atoms with Crippen LogP contribution >= 0.6 is 0 Å². The Kier molecular flexibility index (Phi) is 4.45. The van der Waals surface area contributed by atoms with E-state index in [9.17, 15) is 13.5 Å². The Morgan fingerprint density at radius 3 is 2.67 bits per heavy atom. The molecule has 21 heavy (non-hydrogen) atoms. The van der Waals surface area contributed by atoms with E-state index in [-0.39, 0.29) is 30.0 Å². The lowest BCUT2D eigenvalue weighted by atomic mass is 10.3. The van der Waals surface area contributed by atoms with Crippen molar-refractivity contribution < 1.29 is 18.0 Å². The summed E-state index contributed by atoms with van der Waals surface area (Å²) in [6, 6.07) is 1.50. The molecule has 0 aromatic carbocycles. The molecular formula is C12H18N4O4S. The molecule has 0 atom stereocenters. The van der Waals surface area contributed by atoms with Crippen LogP contribution in [0.4, 0.5) is 0 Å². The predicted molar refractivity (Wildman–Crippen MR) is 73.8 cm³/mol. The molecule has 2 N–H and O–H groups in total. The van der Waals surface area contributed by atoms with Crippen LogP contribution in [0, 0.1) is 6.92 Å². The van der Waals surface area contributed by atoms with E-state index in [0.717, 1.165) is 0 Å². The highest BCUT2D eigenvalue weighted by molar-refractivity contribution is 7.89. The normalized spacial score (nSPS) is 12.2. The van der Waals surface area contributed by atoms with Gasteiger partial charge in [0.25, 0.3) is 0 Å². The van der Waals surface area contributed by atoms with Gasteiger partial charge in [-0.05, 0) is 26.8 Å². The molecule has 0 aliphatic heterocycles. The molecule has 0 fully saturated rings. The number of rotatable bonds is 6. The van der Waals surface area contributed by atoms with Crippen molar-refractivity contribution in [2.24, 2.45) is 0 Å². The number of nitrogens with zero attached hydrogens (tertiary/aromatic N) is 3. The molecule has 2 rings (SSSR count). The molecule has 8 nitrogen and oxygen atoms in total. The van der Waals surface area contributed by atoms with Crippen molar-refractivity contribution in [1.82, 2.24) is 19.4 Å². The zero-order valence-electron chi connectivity index (χ0n) is 12.1. The van der Waals surface area contributed by atoms with Crippen LogP contribution in [0.3, 0.4) is 0 Å². The molecule has 2 aromatic rings. The largest absolute Gasteiger partial charge is 0.390 e. The summed E-state index contributed by atoms with van der Waals surface area (Å²) in [4.78, 5) is 4.02. The Bertz CT molecular complexity index is 717. The lowest BCUT2D eigenvalue weighted by Gasteiger charge is -2.10. The van der Waals surface area contributed by atoms with Crippen molar-refractivity contribution in [3.63, 3.8) is 0 Å². The highest BCUT2D eigenvalue weighted by atomic mass is 32.2. The molecule has 116 valence electrons. The topological polar surface area (TPSA) is 110 Å². The highest BCUT2D eigenvalue weighted by Gasteiger charge is 2.20. The SMILES string of the molecule is Cc1noc(CNS(=O)(=O)c2cc(CO)n(C(C)C)c2)n1. The molecule has 2 heterocycles. The maximum Gasteiger partial charge on any atom is 0.242 e. The molecular weight excluding hydrogens is 296 g/mol. The second-order valence-electron chi connectivity index (χ2n) is 4.89. The molecule has 0 amide bonds. The molecule has 0 saturated heterocycles. The Morgan fingerprint density at radius 1 is 1.48 bits per heavy atom. The van der Waals surface area contributed by atoms with Gasteiger partial charge in [-0.15, -0.1) is 0 Å². The summed E-state index contributed by atoms with van der Waals surface area (Å²) in [5.74, 6) is 0.638. The number of aliphatic hydroxyl groups is 1. The van der Waals surface area contributed by atoms with Gasteiger partial charge in [-0.1, -0.05) is 5.16 Å². The van der Waals surface area contributed by atoms with Crippen molar-refractivity contribution in [3.05, 3.63) is 29.7 Å². The van der Waals surface area contributed by atoms with E-state index < -0.39 is 10.0 Å². The van der Waals surface area contributed by atoms with Crippen molar-refractivity contribution in [2.75, 3.05) is 0 Å². The number of aliphatic hydroxyl groups excluding tert-OH is 1. The van der Waals surface area contributed by atoms with Crippen LogP contribution in [-0.2, 0) is 23.2 Å². The van der Waals surface area contributed by atoms with Crippen LogP contribution in [-0.4, -0.2) is 28.2 Å². The summed E-state index contributed by atoms with van der Waals surface area (Å²) in [5.41, 5.74) is 0.541. The number of hydrogen-bond donors (Lipinski definition) is 2. The van der Waals surface area contributed by atoms with Gasteiger partial charge >= 0.3 is 0 Å². The third-order valence-electron chi connectivity index (χ3n) is 2.92. The molecule has 0 aliphatic carbocycles. The summed E-state index contributed by atoms with van der Waals surface area (Å²) >= 11 is 0. The van der Waals surface area contributed by atoms with Crippen LogP contribution in [0.1, 0.15) is 37.3 Å². The maximum absolute atomic E-state index is 12.2. The van der Waals surface area contributed by atoms with Crippen molar-refractivity contribution in [3.8, 4) is 0 Å². The molecule has 9 heteroatoms. The van der Waals surface area contributed by atoms with Crippen molar-refractivity contribution in [2.45, 2.75) is 44.9 Å². The average molecular weight is 314 g/mol. The zero-order valence-corrected chi connectivity index (χ0v) is 12.9. The lowest BCUT2D eigenvalue weighted by Crippen LogP contribution is -2.23. The minimum atomic E-state index is -3.70. The second-order valence-corrected chi connectivity index (χ2v) is 6.65. The Hall–Kier alpha value is -1.71. The molecule has 0 bridgehead atoms. The fourth-order valence-corrected chi connectivity index (χ4v) is 2.93. The maximum atomic E-state index is 12.2. The van der Waals surface area contributed by atoms with Crippen LogP contribution in [0.2, 0.25) is 0 Å². The summed E-state index contributed by atoms with van der Waals surface area (Å²) in [6.45, 7) is 5.16. The standard InChI is InChI=1S/C12H18N4O4S/c1-8(2)16-6-11(4-10(16)7-17)21(18,19)13-5-12-14-9(3)15-20-12/h4,6,8,13,17H,5,7H2,1-3H3. The van der Waals surface area contributed by atoms with Gasteiger partial charge in [0.15, 0.2) is 5.82 Å². The first-order chi connectivity index (χ1) is 9.83. The van der Waals surface area contributed by atoms with E-state index in [1.54, 1.807) is 11.5 Å². The first-order valence-corrected chi connectivity index (χ1v) is 7.92. The average Bonchev–Trinajstić information content (AvgIpc) is 3.02. The van der Waals surface area contributed by atoms with Gasteiger partial charge in [-0.3, -0.25) is 0 Å². The second kappa shape index (κ2) is 5.96. The van der Waals surface area contributed by atoms with Gasteiger partial charge in [0.1, 0.15) is 0 Å². The molecule has 0 spiro atoms. The first kappa shape index (κ1) is 15.7. The monoisotopic (exact) mass is 314 g/mol. The Labute approximate surface area is 122 Å². The van der Waals surface area contributed by atoms with Crippen LogP contribution in [0.25, 0.3) is 0 Å². The molecule has 0 aliphatic rings. The van der Waals surface area contributed by atoms with Gasteiger partial charge < -0.3 is 14.2 Å². The number of aromatic nitrogens is 3. The summed E-state index contributed by atoms with van der Waals surface area (Å²) < 4.78 is 33.4. The van der Waals surface area contributed by atoms with Crippen molar-refractivity contribution in [1.29, 1.82) is 0 Å². The van der Waals surface area contributed by atoms with Gasteiger partial charge in [0, 0.05) is 17.9 Å². The smallest absolute Gasteiger partial charge is 0.242 e. The van der Waals surface area contributed by atoms with E-state index in [2.05, 4.69) is 14.9 Å². The van der Waals surface area contributed by atoms with Gasteiger partial charge in [-0.2, -0.15) is 4.98 Å². The Balaban J connectivity index is 2.19. The quantitative estimate of drug-likeness (QED) is 0.813. The van der Waals surface area contributed by atoms with E-state index in [1.165, 1.54) is 12.3 Å². The van der Waals surface area contributed by atoms with Crippen LogP contribution in [0.15, 0.2) is 21.7 Å². The van der Waals surface area contributed by atoms with E-state index in [4.69, 9.17) is 4.52 Å². The first-order valence-electron chi connectivity index (χ1n) is 6.44. The molecule has 0 radical (unpaired) electrons. The van der Waals surface area contributed by atoms with Gasteiger partial charge in [-0.25, -0.2) is 13.1 Å². The predicted octanol–water partition coefficient (Wildman–Crippen LogP) is 0.731. The number of sulfonamides is 1. The minimum absolute atomic E-state index is 0.0506. The summed E-state index contributed by atoms with van der Waals surface area (Å²) in [5, 5.41) is 12.9. The number of aryl methyl sites for hydroxylation is 1. The molecule has 0 unspecified atom stereocenters. The van der Waals surface area contributed by atoms with E-state index in [0.29, 0.717) is 11.5 Å². The summed E-state index contributed by atoms with van der Waals surface area (Å²) in [6.07, 6.45) is 1.50. The van der Waals surface area contributed by atoms with Crippen molar-refractivity contribution >= 4 is 10.0 Å². The third-order valence-corrected chi connectivity index (χ3v) is 4.29. The van der Waals surface area contributed by atoms with Gasteiger partial charge in [0.05, 0.1) is 18.0 Å². The van der Waals surface area contributed by atoms with E-state index in [1.807, 2.05) is 13.8 Å². The molecule has 0 saturated carbocycles. The minimum Gasteiger partial charge on any atom is -0.390 e. The van der Waals surface area contributed by atoms with Crippen LogP contribution in [0.5, 0.6) is 0 Å². The summed E-state index contributed by atoms with van der Waals surface area (Å²) in [7, 11) is -3.70.